The van der Waals surface area contributed by atoms with E-state index in [1.165, 1.54) is 18.5 Å². The number of carbonyl (C=O) groups is 1. The molecule has 0 radical (unpaired) electrons. The number of anilines is 1. The number of rotatable bonds is 5. The normalized spacial score (nSPS) is 20.3. The number of carbonyl (C=O) groups excluding carboxylic acids is 1. The molecule has 0 aromatic heterocycles. The van der Waals surface area contributed by atoms with Crippen LogP contribution in [0.15, 0.2) is 24.3 Å². The molecule has 2 aliphatic rings. The number of hydrogen-bond donors (Lipinski definition) is 1. The highest BCUT2D eigenvalue weighted by molar-refractivity contribution is 5.94. The number of nitrogens with one attached hydrogen (secondary N) is 1. The molecule has 1 aromatic rings. The van der Waals surface area contributed by atoms with Gasteiger partial charge in [-0.05, 0) is 44.0 Å². The molecule has 1 amide bonds. The topological polar surface area (TPSA) is 50.8 Å². The molecule has 2 saturated heterocycles. The summed E-state index contributed by atoms with van der Waals surface area (Å²) in [7, 11) is 0. The van der Waals surface area contributed by atoms with E-state index in [1.54, 1.807) is 0 Å². The fourth-order valence-electron chi connectivity index (χ4n) is 3.01. The Morgan fingerprint density at radius 3 is 2.45 bits per heavy atom. The van der Waals surface area contributed by atoms with Crippen LogP contribution in [0, 0.1) is 0 Å². The molecule has 22 heavy (non-hydrogen) atoms. The summed E-state index contributed by atoms with van der Waals surface area (Å²) >= 11 is 0. The second kappa shape index (κ2) is 6.67. The Balaban J connectivity index is 1.49. The molecule has 0 bridgehead atoms. The Morgan fingerprint density at radius 2 is 1.82 bits per heavy atom. The summed E-state index contributed by atoms with van der Waals surface area (Å²) in [6, 6.07) is 7.86. The van der Waals surface area contributed by atoms with Crippen LogP contribution in [0.4, 0.5) is 5.69 Å². The molecule has 0 atom stereocenters. The van der Waals surface area contributed by atoms with E-state index in [2.05, 4.69) is 10.2 Å². The standard InChI is InChI=1S/C17H24N2O3/c1-17(21-12-13-22-17)8-9-18-16(20)14-4-6-15(7-5-14)19-10-2-3-11-19/h4-7H,2-3,8-13H2,1H3,(H,18,20). The number of amides is 1. The van der Waals surface area contributed by atoms with Gasteiger partial charge in [-0.2, -0.15) is 0 Å². The van der Waals surface area contributed by atoms with Gasteiger partial charge in [-0.3, -0.25) is 4.79 Å². The Hall–Kier alpha value is -1.59. The fourth-order valence-corrected chi connectivity index (χ4v) is 3.01. The van der Waals surface area contributed by atoms with Gasteiger partial charge in [0.25, 0.3) is 5.91 Å². The number of hydrogen-bond acceptors (Lipinski definition) is 4. The highest BCUT2D eigenvalue weighted by atomic mass is 16.7. The van der Waals surface area contributed by atoms with Gasteiger partial charge in [-0.15, -0.1) is 0 Å². The van der Waals surface area contributed by atoms with Crippen LogP contribution < -0.4 is 10.2 Å². The summed E-state index contributed by atoms with van der Waals surface area (Å²) in [6.07, 6.45) is 3.17. The van der Waals surface area contributed by atoms with Crippen molar-refractivity contribution in [2.75, 3.05) is 37.7 Å². The van der Waals surface area contributed by atoms with E-state index >= 15 is 0 Å². The van der Waals surface area contributed by atoms with Gasteiger partial charge >= 0.3 is 0 Å². The van der Waals surface area contributed by atoms with Gasteiger partial charge in [-0.25, -0.2) is 0 Å². The molecular weight excluding hydrogens is 280 g/mol. The molecule has 2 fully saturated rings. The zero-order chi connectivity index (χ0) is 15.4. The van der Waals surface area contributed by atoms with Crippen molar-refractivity contribution in [2.45, 2.75) is 32.0 Å². The van der Waals surface area contributed by atoms with Crippen molar-refractivity contribution in [3.8, 4) is 0 Å². The summed E-state index contributed by atoms with van der Waals surface area (Å²) < 4.78 is 11.0. The van der Waals surface area contributed by atoms with E-state index in [-0.39, 0.29) is 5.91 Å². The lowest BCUT2D eigenvalue weighted by Gasteiger charge is -2.22. The predicted octanol–water partition coefficient (Wildman–Crippen LogP) is 2.17. The van der Waals surface area contributed by atoms with Crippen LogP contribution in [0.2, 0.25) is 0 Å². The minimum absolute atomic E-state index is 0.0467. The SMILES string of the molecule is CC1(CCNC(=O)c2ccc(N3CCCC3)cc2)OCCO1. The summed E-state index contributed by atoms with van der Waals surface area (Å²) in [5.74, 6) is -0.595. The minimum Gasteiger partial charge on any atom is -0.372 e. The first kappa shape index (κ1) is 15.3. The van der Waals surface area contributed by atoms with E-state index in [1.807, 2.05) is 31.2 Å². The van der Waals surface area contributed by atoms with Gasteiger partial charge in [0.05, 0.1) is 13.2 Å². The number of benzene rings is 1. The quantitative estimate of drug-likeness (QED) is 0.906. The zero-order valence-corrected chi connectivity index (χ0v) is 13.1. The van der Waals surface area contributed by atoms with Crippen LogP contribution in [0.25, 0.3) is 0 Å². The molecule has 120 valence electrons. The monoisotopic (exact) mass is 304 g/mol. The average Bonchev–Trinajstić information content (AvgIpc) is 3.19. The Labute approximate surface area is 131 Å². The second-order valence-electron chi connectivity index (χ2n) is 6.08. The van der Waals surface area contributed by atoms with Crippen molar-refractivity contribution in [3.05, 3.63) is 29.8 Å². The Bertz CT molecular complexity index is 503. The molecule has 0 aliphatic carbocycles. The first-order valence-electron chi connectivity index (χ1n) is 8.07. The van der Waals surface area contributed by atoms with E-state index in [9.17, 15) is 4.79 Å². The molecule has 5 nitrogen and oxygen atoms in total. The molecule has 2 aliphatic heterocycles. The van der Waals surface area contributed by atoms with Crippen LogP contribution in [0.5, 0.6) is 0 Å². The number of ether oxygens (including phenoxy) is 2. The third-order valence-corrected chi connectivity index (χ3v) is 4.36. The van der Waals surface area contributed by atoms with Crippen molar-refractivity contribution in [1.29, 1.82) is 0 Å². The van der Waals surface area contributed by atoms with Gasteiger partial charge in [0.2, 0.25) is 0 Å². The zero-order valence-electron chi connectivity index (χ0n) is 13.1. The molecule has 2 heterocycles. The third-order valence-electron chi connectivity index (χ3n) is 4.36. The van der Waals surface area contributed by atoms with Gasteiger partial charge in [0.15, 0.2) is 5.79 Å². The maximum Gasteiger partial charge on any atom is 0.251 e. The maximum absolute atomic E-state index is 12.1. The van der Waals surface area contributed by atoms with Crippen LogP contribution in [0.1, 0.15) is 36.5 Å². The van der Waals surface area contributed by atoms with E-state index in [4.69, 9.17) is 9.47 Å². The van der Waals surface area contributed by atoms with Crippen LogP contribution >= 0.6 is 0 Å². The van der Waals surface area contributed by atoms with Crippen LogP contribution in [0.3, 0.4) is 0 Å². The largest absolute Gasteiger partial charge is 0.372 e. The van der Waals surface area contributed by atoms with Crippen molar-refractivity contribution in [2.24, 2.45) is 0 Å². The van der Waals surface area contributed by atoms with Gasteiger partial charge in [-0.1, -0.05) is 0 Å². The van der Waals surface area contributed by atoms with E-state index < -0.39 is 5.79 Å². The van der Waals surface area contributed by atoms with Crippen molar-refractivity contribution >= 4 is 11.6 Å². The Kier molecular flexibility index (Phi) is 4.64. The molecular formula is C17H24N2O3. The molecule has 1 N–H and O–H groups in total. The predicted molar refractivity (Wildman–Crippen MR) is 85.1 cm³/mol. The van der Waals surface area contributed by atoms with E-state index in [0.29, 0.717) is 31.7 Å². The fraction of sp³-hybridized carbons (Fsp3) is 0.588. The highest BCUT2D eigenvalue weighted by Crippen LogP contribution is 2.22. The van der Waals surface area contributed by atoms with Crippen molar-refractivity contribution < 1.29 is 14.3 Å². The summed E-state index contributed by atoms with van der Waals surface area (Å²) in [6.45, 7) is 5.94. The van der Waals surface area contributed by atoms with E-state index in [0.717, 1.165) is 13.1 Å². The molecule has 0 unspecified atom stereocenters. The lowest BCUT2D eigenvalue weighted by Crippen LogP contribution is -2.33. The Morgan fingerprint density at radius 1 is 1.18 bits per heavy atom. The summed E-state index contributed by atoms with van der Waals surface area (Å²) in [5.41, 5.74) is 1.90. The van der Waals surface area contributed by atoms with Gasteiger partial charge in [0.1, 0.15) is 0 Å². The molecule has 1 aromatic carbocycles. The highest BCUT2D eigenvalue weighted by Gasteiger charge is 2.30. The lowest BCUT2D eigenvalue weighted by atomic mass is 10.1. The number of nitrogens with zero attached hydrogens (tertiary/aromatic N) is 1. The molecule has 0 spiro atoms. The average molecular weight is 304 g/mol. The van der Waals surface area contributed by atoms with Crippen LogP contribution in [-0.4, -0.2) is 44.5 Å². The first-order chi connectivity index (χ1) is 10.7. The van der Waals surface area contributed by atoms with Crippen molar-refractivity contribution in [1.82, 2.24) is 5.32 Å². The minimum atomic E-state index is -0.549. The first-order valence-corrected chi connectivity index (χ1v) is 8.07. The van der Waals surface area contributed by atoms with Crippen LogP contribution in [-0.2, 0) is 9.47 Å². The van der Waals surface area contributed by atoms with Crippen molar-refractivity contribution in [3.63, 3.8) is 0 Å². The third kappa shape index (κ3) is 3.59. The summed E-state index contributed by atoms with van der Waals surface area (Å²) in [5, 5.41) is 2.93. The maximum atomic E-state index is 12.1. The van der Waals surface area contributed by atoms with Gasteiger partial charge < -0.3 is 19.7 Å². The smallest absolute Gasteiger partial charge is 0.251 e. The molecule has 5 heteroatoms. The van der Waals surface area contributed by atoms with Gasteiger partial charge in [0, 0.05) is 37.3 Å². The second-order valence-corrected chi connectivity index (χ2v) is 6.08. The molecule has 0 saturated carbocycles. The molecule has 3 rings (SSSR count). The lowest BCUT2D eigenvalue weighted by molar-refractivity contribution is -0.145. The summed E-state index contributed by atoms with van der Waals surface area (Å²) in [4.78, 5) is 14.5.